The number of nitrogen functional groups attached to an aromatic ring is 1. The molecular weight excluding hydrogens is 452 g/mol. The molecule has 0 saturated carbocycles. The van der Waals surface area contributed by atoms with Crippen LogP contribution in [0.2, 0.25) is 0 Å². The van der Waals surface area contributed by atoms with Gasteiger partial charge in [0.2, 0.25) is 10.0 Å². The normalized spacial score (nSPS) is 11.8. The summed E-state index contributed by atoms with van der Waals surface area (Å²) >= 11 is 0. The van der Waals surface area contributed by atoms with Crippen LogP contribution in [0.1, 0.15) is 0 Å². The quantitative estimate of drug-likeness (QED) is 0.342. The van der Waals surface area contributed by atoms with Crippen molar-refractivity contribution >= 4 is 37.4 Å². The molecule has 0 bridgehead atoms. The molecule has 0 spiro atoms. The zero-order valence-electron chi connectivity index (χ0n) is 18.0. The molecule has 0 saturated heterocycles. The molecule has 0 fully saturated rings. The molecule has 5 rings (SSSR count). The summed E-state index contributed by atoms with van der Waals surface area (Å²) in [6, 6.07) is 19.4. The number of pyridine rings is 1. The van der Waals surface area contributed by atoms with Gasteiger partial charge in [-0.05, 0) is 47.3 Å². The average molecular weight is 475 g/mol. The van der Waals surface area contributed by atoms with Gasteiger partial charge in [0.05, 0.1) is 11.4 Å². The predicted molar refractivity (Wildman–Crippen MR) is 132 cm³/mol. The first kappa shape index (κ1) is 21.7. The van der Waals surface area contributed by atoms with Crippen molar-refractivity contribution in [1.29, 1.82) is 0 Å². The Morgan fingerprint density at radius 2 is 1.79 bits per heavy atom. The summed E-state index contributed by atoms with van der Waals surface area (Å²) in [6.07, 6.45) is 3.47. The molecule has 3 aromatic carbocycles. The van der Waals surface area contributed by atoms with Crippen LogP contribution < -0.4 is 15.6 Å². The lowest BCUT2D eigenvalue weighted by Gasteiger charge is -2.09. The van der Waals surface area contributed by atoms with E-state index < -0.39 is 10.0 Å². The van der Waals surface area contributed by atoms with Gasteiger partial charge in [-0.2, -0.15) is 0 Å². The highest BCUT2D eigenvalue weighted by molar-refractivity contribution is 7.89. The number of hydrogen-bond acceptors (Lipinski definition) is 6. The van der Waals surface area contributed by atoms with Crippen LogP contribution in [0.15, 0.2) is 84.0 Å². The summed E-state index contributed by atoms with van der Waals surface area (Å²) in [5.41, 5.74) is 7.15. The summed E-state index contributed by atoms with van der Waals surface area (Å²) < 4.78 is 31.5. The number of hydrogen-bond donors (Lipinski definition) is 3. The van der Waals surface area contributed by atoms with Gasteiger partial charge in [0.15, 0.2) is 5.88 Å². The number of sulfonamides is 1. The van der Waals surface area contributed by atoms with Gasteiger partial charge in [0, 0.05) is 34.1 Å². The third-order valence-electron chi connectivity index (χ3n) is 5.73. The van der Waals surface area contributed by atoms with Gasteiger partial charge in [-0.3, -0.25) is 0 Å². The van der Waals surface area contributed by atoms with Crippen LogP contribution in [0.4, 0.5) is 5.82 Å². The first-order chi connectivity index (χ1) is 16.3. The molecule has 0 amide bonds. The highest BCUT2D eigenvalue weighted by Gasteiger charge is 2.16. The minimum absolute atomic E-state index is 0.0534. The molecule has 0 aliphatic rings. The van der Waals surface area contributed by atoms with E-state index in [0.717, 1.165) is 16.2 Å². The maximum Gasteiger partial charge on any atom is 0.238 e. The van der Waals surface area contributed by atoms with E-state index in [2.05, 4.69) is 4.98 Å². The second-order valence-electron chi connectivity index (χ2n) is 7.92. The smallest absolute Gasteiger partial charge is 0.238 e. The number of rotatable bonds is 6. The summed E-state index contributed by atoms with van der Waals surface area (Å²) in [5, 5.41) is 19.3. The fraction of sp³-hybridized carbons (Fsp3) is 0.0800. The summed E-state index contributed by atoms with van der Waals surface area (Å²) in [4.78, 5) is 4.16. The summed E-state index contributed by atoms with van der Waals surface area (Å²) in [7, 11) is -3.88. The molecule has 2 heterocycles. The molecule has 0 unspecified atom stereocenters. The lowest BCUT2D eigenvalue weighted by atomic mass is 10.0. The minimum atomic E-state index is -3.88. The number of nitrogens with zero attached hydrogens (tertiary/aromatic N) is 2. The third-order valence-corrected chi connectivity index (χ3v) is 6.70. The van der Waals surface area contributed by atoms with E-state index >= 15 is 0 Å². The molecular formula is C25H22N4O4S. The van der Waals surface area contributed by atoms with Crippen molar-refractivity contribution in [3.05, 3.63) is 79.1 Å². The Bertz CT molecular complexity index is 1640. The zero-order chi connectivity index (χ0) is 23.9. The second-order valence-corrected chi connectivity index (χ2v) is 9.45. The van der Waals surface area contributed by atoms with E-state index in [1.165, 1.54) is 6.07 Å². The van der Waals surface area contributed by atoms with Crippen molar-refractivity contribution < 1.29 is 18.3 Å². The standard InChI is InChI=1S/C25H22N4O4S/c26-24-22-14-19(7-5-16(22)9-10-28-24)33-12-11-29-15-18-13-17(6-8-21(18)25(29)30)20-3-1-2-4-23(20)34(27,31)32/h1-10,13-15,30H,11-12H2,(H2,26,28)(H2,27,31,32). The van der Waals surface area contributed by atoms with Gasteiger partial charge < -0.3 is 20.1 Å². The predicted octanol–water partition coefficient (Wildman–Crippen LogP) is 3.87. The molecule has 5 N–H and O–H groups in total. The first-order valence-electron chi connectivity index (χ1n) is 10.5. The molecule has 0 radical (unpaired) electrons. The number of primary sulfonamides is 1. The van der Waals surface area contributed by atoms with Crippen LogP contribution in [0.25, 0.3) is 32.7 Å². The number of aromatic hydroxyl groups is 1. The molecule has 2 aromatic heterocycles. The van der Waals surface area contributed by atoms with E-state index in [1.54, 1.807) is 47.3 Å². The first-order valence-corrected chi connectivity index (χ1v) is 12.1. The van der Waals surface area contributed by atoms with Gasteiger partial charge in [-0.1, -0.05) is 30.3 Å². The topological polar surface area (TPSA) is 133 Å². The number of nitrogens with two attached hydrogens (primary N) is 2. The lowest BCUT2D eigenvalue weighted by Crippen LogP contribution is -2.13. The fourth-order valence-electron chi connectivity index (χ4n) is 4.07. The Morgan fingerprint density at radius 3 is 2.62 bits per heavy atom. The highest BCUT2D eigenvalue weighted by Crippen LogP contribution is 2.33. The zero-order valence-corrected chi connectivity index (χ0v) is 18.9. The third kappa shape index (κ3) is 4.02. The molecule has 9 heteroatoms. The lowest BCUT2D eigenvalue weighted by molar-refractivity contribution is 0.289. The SMILES string of the molecule is Nc1nccc2ccc(OCCn3cc4cc(-c5ccccc5S(N)(=O)=O)ccc4c3O)cc12. The Balaban J connectivity index is 1.38. The van der Waals surface area contributed by atoms with E-state index in [1.807, 2.05) is 30.3 Å². The monoisotopic (exact) mass is 474 g/mol. The molecule has 5 aromatic rings. The second kappa shape index (κ2) is 8.36. The largest absolute Gasteiger partial charge is 0.494 e. The van der Waals surface area contributed by atoms with Gasteiger partial charge in [-0.15, -0.1) is 0 Å². The maximum absolute atomic E-state index is 12.0. The van der Waals surface area contributed by atoms with Crippen LogP contribution in [0.5, 0.6) is 11.6 Å². The van der Waals surface area contributed by atoms with Crippen LogP contribution in [-0.2, 0) is 16.6 Å². The Kier molecular flexibility index (Phi) is 5.35. The summed E-state index contributed by atoms with van der Waals surface area (Å²) in [5.74, 6) is 1.21. The number of fused-ring (bicyclic) bond motifs is 2. The van der Waals surface area contributed by atoms with Crippen molar-refractivity contribution in [2.75, 3.05) is 12.3 Å². The van der Waals surface area contributed by atoms with Gasteiger partial charge >= 0.3 is 0 Å². The highest BCUT2D eigenvalue weighted by atomic mass is 32.2. The van der Waals surface area contributed by atoms with Crippen molar-refractivity contribution in [3.63, 3.8) is 0 Å². The van der Waals surface area contributed by atoms with Crippen LogP contribution in [0.3, 0.4) is 0 Å². The maximum atomic E-state index is 12.0. The molecule has 0 atom stereocenters. The molecule has 0 aliphatic heterocycles. The van der Waals surface area contributed by atoms with Crippen LogP contribution in [-0.4, -0.2) is 29.7 Å². The van der Waals surface area contributed by atoms with E-state index in [9.17, 15) is 13.5 Å². The fourth-order valence-corrected chi connectivity index (χ4v) is 4.83. The Hall–Kier alpha value is -4.08. The Morgan fingerprint density at radius 1 is 0.971 bits per heavy atom. The molecule has 34 heavy (non-hydrogen) atoms. The molecule has 8 nitrogen and oxygen atoms in total. The number of aromatic nitrogens is 2. The minimum Gasteiger partial charge on any atom is -0.494 e. The van der Waals surface area contributed by atoms with E-state index in [0.29, 0.717) is 41.2 Å². The Labute approximate surface area is 196 Å². The van der Waals surface area contributed by atoms with Crippen LogP contribution in [0, 0.1) is 0 Å². The number of benzene rings is 3. The van der Waals surface area contributed by atoms with Gasteiger partial charge in [0.1, 0.15) is 18.2 Å². The van der Waals surface area contributed by atoms with Gasteiger partial charge in [-0.25, -0.2) is 18.5 Å². The average Bonchev–Trinajstić information content (AvgIpc) is 3.14. The number of anilines is 1. The van der Waals surface area contributed by atoms with E-state index in [4.69, 9.17) is 15.6 Å². The van der Waals surface area contributed by atoms with Crippen molar-refractivity contribution in [2.45, 2.75) is 11.4 Å². The molecule has 172 valence electrons. The van der Waals surface area contributed by atoms with E-state index in [-0.39, 0.29) is 10.8 Å². The van der Waals surface area contributed by atoms with Crippen molar-refractivity contribution in [3.8, 4) is 22.8 Å². The van der Waals surface area contributed by atoms with Crippen molar-refractivity contribution in [2.24, 2.45) is 5.14 Å². The van der Waals surface area contributed by atoms with Crippen molar-refractivity contribution in [1.82, 2.24) is 9.55 Å². The van der Waals surface area contributed by atoms with Crippen LogP contribution >= 0.6 is 0 Å². The van der Waals surface area contributed by atoms with Gasteiger partial charge in [0.25, 0.3) is 0 Å². The number of ether oxygens (including phenoxy) is 1. The molecule has 0 aliphatic carbocycles. The summed E-state index contributed by atoms with van der Waals surface area (Å²) in [6.45, 7) is 0.728.